The van der Waals surface area contributed by atoms with Crippen LogP contribution in [0.15, 0.2) is 47.5 Å². The van der Waals surface area contributed by atoms with Crippen LogP contribution in [0.1, 0.15) is 18.1 Å². The fourth-order valence-corrected chi connectivity index (χ4v) is 2.43. The van der Waals surface area contributed by atoms with Crippen LogP contribution in [0.25, 0.3) is 0 Å². The molecule has 2 rings (SSSR count). The van der Waals surface area contributed by atoms with Crippen molar-refractivity contribution in [2.75, 3.05) is 20.7 Å². The topological polar surface area (TPSA) is 54.9 Å². The lowest BCUT2D eigenvalue weighted by Crippen LogP contribution is -2.41. The van der Waals surface area contributed by atoms with Crippen molar-refractivity contribution in [3.63, 3.8) is 0 Å². The summed E-state index contributed by atoms with van der Waals surface area (Å²) in [5.41, 5.74) is 1.96. The zero-order chi connectivity index (χ0) is 18.9. The molecule has 0 radical (unpaired) electrons. The van der Waals surface area contributed by atoms with E-state index >= 15 is 0 Å². The molecule has 2 aromatic carbocycles. The number of aryl methyl sites for hydroxylation is 1. The largest absolute Gasteiger partial charge is 0.494 e. The second-order valence-corrected chi connectivity index (χ2v) is 6.02. The van der Waals surface area contributed by atoms with Gasteiger partial charge in [-0.25, -0.2) is 4.39 Å². The average Bonchev–Trinajstić information content (AvgIpc) is 2.62. The number of aliphatic imine (C=N–C) groups is 1. The highest BCUT2D eigenvalue weighted by Crippen LogP contribution is 2.17. The molecule has 2 N–H and O–H groups in total. The predicted octanol–water partition coefficient (Wildman–Crippen LogP) is 3.89. The number of benzene rings is 2. The van der Waals surface area contributed by atoms with Crippen LogP contribution in [0.3, 0.4) is 0 Å². The molecular formula is C20H27FIN3O2. The lowest BCUT2D eigenvalue weighted by atomic mass is 10.2. The number of methoxy groups -OCH3 is 1. The summed E-state index contributed by atoms with van der Waals surface area (Å²) in [6.45, 7) is 5.06. The van der Waals surface area contributed by atoms with Crippen LogP contribution >= 0.6 is 24.0 Å². The number of rotatable bonds is 7. The molecule has 0 amide bonds. The highest BCUT2D eigenvalue weighted by Gasteiger charge is 2.07. The predicted molar refractivity (Wildman–Crippen MR) is 118 cm³/mol. The van der Waals surface area contributed by atoms with E-state index in [2.05, 4.69) is 15.6 Å². The Morgan fingerprint density at radius 3 is 2.59 bits per heavy atom. The molecule has 7 heteroatoms. The molecule has 148 valence electrons. The van der Waals surface area contributed by atoms with Crippen LogP contribution in [-0.4, -0.2) is 32.8 Å². The number of hydrogen-bond donors (Lipinski definition) is 2. The Hall–Kier alpha value is -2.03. The van der Waals surface area contributed by atoms with Crippen LogP contribution in [0, 0.1) is 12.7 Å². The van der Waals surface area contributed by atoms with Crippen molar-refractivity contribution < 1.29 is 13.9 Å². The van der Waals surface area contributed by atoms with Gasteiger partial charge in [0.1, 0.15) is 11.9 Å². The Kier molecular flexibility index (Phi) is 9.92. The molecule has 0 aliphatic rings. The first-order valence-electron chi connectivity index (χ1n) is 8.52. The van der Waals surface area contributed by atoms with Gasteiger partial charge in [-0.05, 0) is 49.2 Å². The zero-order valence-electron chi connectivity index (χ0n) is 16.1. The van der Waals surface area contributed by atoms with E-state index in [0.717, 1.165) is 16.9 Å². The first-order chi connectivity index (χ1) is 12.5. The maximum Gasteiger partial charge on any atom is 0.191 e. The van der Waals surface area contributed by atoms with E-state index in [-0.39, 0.29) is 41.6 Å². The molecule has 0 saturated carbocycles. The van der Waals surface area contributed by atoms with Gasteiger partial charge in [0.05, 0.1) is 13.7 Å². The normalized spacial score (nSPS) is 12.0. The third-order valence-electron chi connectivity index (χ3n) is 3.78. The van der Waals surface area contributed by atoms with E-state index in [0.29, 0.717) is 19.0 Å². The van der Waals surface area contributed by atoms with E-state index in [4.69, 9.17) is 9.47 Å². The minimum atomic E-state index is -0.380. The number of nitrogens with zero attached hydrogens (tertiary/aromatic N) is 1. The fourth-order valence-electron chi connectivity index (χ4n) is 2.43. The lowest BCUT2D eigenvalue weighted by Gasteiger charge is -2.18. The Labute approximate surface area is 177 Å². The SMILES string of the molecule is CN=C(NCc1ccc(OC)c(F)c1)NCC(C)Oc1cccc(C)c1.I. The molecule has 0 spiro atoms. The molecule has 0 aromatic heterocycles. The van der Waals surface area contributed by atoms with E-state index in [1.165, 1.54) is 13.2 Å². The molecule has 0 aliphatic carbocycles. The second kappa shape index (κ2) is 11.6. The zero-order valence-corrected chi connectivity index (χ0v) is 18.4. The fraction of sp³-hybridized carbons (Fsp3) is 0.350. The van der Waals surface area contributed by atoms with Gasteiger partial charge in [-0.15, -0.1) is 24.0 Å². The number of hydrogen-bond acceptors (Lipinski definition) is 3. The summed E-state index contributed by atoms with van der Waals surface area (Å²) in [4.78, 5) is 4.17. The molecule has 27 heavy (non-hydrogen) atoms. The Morgan fingerprint density at radius 1 is 1.19 bits per heavy atom. The summed E-state index contributed by atoms with van der Waals surface area (Å²) < 4.78 is 24.5. The minimum Gasteiger partial charge on any atom is -0.494 e. The summed E-state index contributed by atoms with van der Waals surface area (Å²) in [7, 11) is 3.14. The number of halogens is 2. The maximum atomic E-state index is 13.7. The van der Waals surface area contributed by atoms with Gasteiger partial charge in [0, 0.05) is 13.6 Å². The number of ether oxygens (including phenoxy) is 2. The van der Waals surface area contributed by atoms with Gasteiger partial charge in [-0.2, -0.15) is 0 Å². The van der Waals surface area contributed by atoms with E-state index in [9.17, 15) is 4.39 Å². The first kappa shape index (κ1) is 23.0. The van der Waals surface area contributed by atoms with Gasteiger partial charge in [0.15, 0.2) is 17.5 Å². The highest BCUT2D eigenvalue weighted by atomic mass is 127. The summed E-state index contributed by atoms with van der Waals surface area (Å²) >= 11 is 0. The van der Waals surface area contributed by atoms with Gasteiger partial charge in [-0.3, -0.25) is 4.99 Å². The molecule has 0 bridgehead atoms. The Balaban J connectivity index is 0.00000364. The minimum absolute atomic E-state index is 0. The summed E-state index contributed by atoms with van der Waals surface area (Å²) in [6, 6.07) is 12.8. The Morgan fingerprint density at radius 2 is 1.96 bits per heavy atom. The standard InChI is InChI=1S/C20H26FN3O2.HI/c1-14-6-5-7-17(10-14)26-15(2)12-23-20(22-3)24-13-16-8-9-19(25-4)18(21)11-16;/h5-11,15H,12-13H2,1-4H3,(H2,22,23,24);1H. The summed E-state index contributed by atoms with van der Waals surface area (Å²) in [5, 5.41) is 6.36. The van der Waals surface area contributed by atoms with Crippen molar-refractivity contribution in [2.24, 2.45) is 4.99 Å². The highest BCUT2D eigenvalue weighted by molar-refractivity contribution is 14.0. The van der Waals surface area contributed by atoms with Crippen molar-refractivity contribution in [3.8, 4) is 11.5 Å². The molecule has 0 saturated heterocycles. The number of nitrogens with one attached hydrogen (secondary N) is 2. The first-order valence-corrected chi connectivity index (χ1v) is 8.52. The van der Waals surface area contributed by atoms with Crippen LogP contribution in [-0.2, 0) is 6.54 Å². The lowest BCUT2D eigenvalue weighted by molar-refractivity contribution is 0.223. The van der Waals surface area contributed by atoms with Crippen LogP contribution in [0.4, 0.5) is 4.39 Å². The number of guanidine groups is 1. The molecule has 0 fully saturated rings. The van der Waals surface area contributed by atoms with Crippen LogP contribution in [0.2, 0.25) is 0 Å². The monoisotopic (exact) mass is 487 g/mol. The van der Waals surface area contributed by atoms with Crippen molar-refractivity contribution in [1.82, 2.24) is 10.6 Å². The van der Waals surface area contributed by atoms with Gasteiger partial charge >= 0.3 is 0 Å². The quantitative estimate of drug-likeness (QED) is 0.354. The molecule has 1 atom stereocenters. The average molecular weight is 487 g/mol. The van der Waals surface area contributed by atoms with Crippen molar-refractivity contribution in [2.45, 2.75) is 26.5 Å². The van der Waals surface area contributed by atoms with Crippen LogP contribution in [0.5, 0.6) is 11.5 Å². The third-order valence-corrected chi connectivity index (χ3v) is 3.78. The molecular weight excluding hydrogens is 460 g/mol. The van der Waals surface area contributed by atoms with E-state index in [1.807, 2.05) is 44.2 Å². The van der Waals surface area contributed by atoms with E-state index < -0.39 is 0 Å². The molecule has 5 nitrogen and oxygen atoms in total. The summed E-state index contributed by atoms with van der Waals surface area (Å²) in [5.74, 6) is 1.32. The smallest absolute Gasteiger partial charge is 0.191 e. The third kappa shape index (κ3) is 7.62. The maximum absolute atomic E-state index is 13.7. The van der Waals surface area contributed by atoms with Crippen molar-refractivity contribution in [1.29, 1.82) is 0 Å². The van der Waals surface area contributed by atoms with Gasteiger partial charge < -0.3 is 20.1 Å². The second-order valence-electron chi connectivity index (χ2n) is 6.02. The Bertz CT molecular complexity index is 756. The molecule has 2 aromatic rings. The van der Waals surface area contributed by atoms with Crippen molar-refractivity contribution >= 4 is 29.9 Å². The van der Waals surface area contributed by atoms with Crippen molar-refractivity contribution in [3.05, 3.63) is 59.4 Å². The van der Waals surface area contributed by atoms with Gasteiger partial charge in [-0.1, -0.05) is 18.2 Å². The molecule has 0 aliphatic heterocycles. The summed E-state index contributed by atoms with van der Waals surface area (Å²) in [6.07, 6.45) is -0.0335. The molecule has 0 heterocycles. The van der Waals surface area contributed by atoms with Crippen LogP contribution < -0.4 is 20.1 Å². The molecule has 1 unspecified atom stereocenters. The van der Waals surface area contributed by atoms with Gasteiger partial charge in [0.25, 0.3) is 0 Å². The van der Waals surface area contributed by atoms with E-state index in [1.54, 1.807) is 13.1 Å². The van der Waals surface area contributed by atoms with Gasteiger partial charge in [0.2, 0.25) is 0 Å².